The van der Waals surface area contributed by atoms with Crippen LogP contribution in [0.4, 0.5) is 10.6 Å². The average Bonchev–Trinajstić information content (AvgIpc) is 3.26. The van der Waals surface area contributed by atoms with Crippen molar-refractivity contribution >= 4 is 22.8 Å². The van der Waals surface area contributed by atoms with Gasteiger partial charge in [-0.3, -0.25) is 15.0 Å². The van der Waals surface area contributed by atoms with E-state index in [9.17, 15) is 4.79 Å². The first kappa shape index (κ1) is 24.5. The highest BCUT2D eigenvalue weighted by atomic mass is 16.6. The number of carbonyl (C=O) groups excluding carboxylic acids is 1. The maximum Gasteiger partial charge on any atom is 0.407 e. The van der Waals surface area contributed by atoms with E-state index in [0.29, 0.717) is 23.8 Å². The van der Waals surface area contributed by atoms with Crippen LogP contribution in [-0.2, 0) is 4.74 Å². The first-order valence-corrected chi connectivity index (χ1v) is 12.4. The number of nitrogens with zero attached hydrogens (tertiary/aromatic N) is 8. The van der Waals surface area contributed by atoms with Crippen LogP contribution in [0.1, 0.15) is 45.0 Å². The summed E-state index contributed by atoms with van der Waals surface area (Å²) in [5, 5.41) is 8.45. The van der Waals surface area contributed by atoms with Crippen LogP contribution >= 0.6 is 0 Å². The van der Waals surface area contributed by atoms with E-state index in [1.54, 1.807) is 35.7 Å². The first-order chi connectivity index (χ1) is 17.7. The quantitative estimate of drug-likeness (QED) is 0.445. The second-order valence-electron chi connectivity index (χ2n) is 10.3. The Morgan fingerprint density at radius 3 is 2.68 bits per heavy atom. The molecule has 1 amide bonds. The lowest BCUT2D eigenvalue weighted by Crippen LogP contribution is -2.49. The van der Waals surface area contributed by atoms with Crippen LogP contribution < -0.4 is 10.2 Å². The zero-order valence-electron chi connectivity index (χ0n) is 21.8. The molecule has 0 saturated carbocycles. The molecular formula is C26H31N9O2. The number of amides is 1. The Labute approximate surface area is 215 Å². The zero-order chi connectivity index (χ0) is 26.2. The third kappa shape index (κ3) is 5.50. The van der Waals surface area contributed by atoms with Crippen LogP contribution in [0.3, 0.4) is 0 Å². The summed E-state index contributed by atoms with van der Waals surface area (Å²) in [6.45, 7) is 10.9. The van der Waals surface area contributed by atoms with Crippen LogP contribution in [0.25, 0.3) is 28.1 Å². The Kier molecular flexibility index (Phi) is 6.45. The summed E-state index contributed by atoms with van der Waals surface area (Å²) in [5.41, 5.74) is 3.35. The van der Waals surface area contributed by atoms with Crippen molar-refractivity contribution < 1.29 is 9.53 Å². The number of pyridine rings is 1. The molecule has 1 N–H and O–H groups in total. The van der Waals surface area contributed by atoms with Gasteiger partial charge >= 0.3 is 6.09 Å². The number of hydrogen-bond donors (Lipinski definition) is 1. The Bertz CT molecular complexity index is 1440. The van der Waals surface area contributed by atoms with Gasteiger partial charge in [0.25, 0.3) is 0 Å². The molecule has 11 nitrogen and oxygen atoms in total. The number of rotatable bonds is 4. The van der Waals surface area contributed by atoms with E-state index in [1.807, 2.05) is 40.7 Å². The molecule has 0 aromatic carbocycles. The standard InChI is InChI=1S/C26H31N9O2/c1-16-10-27-13-21(31-16)20-9-22-18(11-29-20)12-30-35(22)23-14-28-17(2)24(33-23)34-8-6-7-19(15-34)32-25(36)37-26(3,4)5/h9-14,19H,6-8,15H2,1-5H3,(H,32,36). The normalized spacial score (nSPS) is 16.1. The fraction of sp³-hybridized carbons (Fsp3) is 0.423. The predicted molar refractivity (Wildman–Crippen MR) is 140 cm³/mol. The molecule has 0 aliphatic carbocycles. The minimum Gasteiger partial charge on any atom is -0.444 e. The largest absolute Gasteiger partial charge is 0.444 e. The summed E-state index contributed by atoms with van der Waals surface area (Å²) >= 11 is 0. The lowest BCUT2D eigenvalue weighted by molar-refractivity contribution is 0.0500. The summed E-state index contributed by atoms with van der Waals surface area (Å²) in [4.78, 5) is 37.4. The second kappa shape index (κ2) is 9.72. The van der Waals surface area contributed by atoms with Gasteiger partial charge in [-0.25, -0.2) is 19.4 Å². The average molecular weight is 502 g/mol. The molecule has 4 aromatic heterocycles. The molecule has 11 heteroatoms. The molecule has 1 saturated heterocycles. The molecule has 1 aliphatic rings. The van der Waals surface area contributed by atoms with Gasteiger partial charge in [-0.15, -0.1) is 0 Å². The summed E-state index contributed by atoms with van der Waals surface area (Å²) in [5.74, 6) is 1.38. The van der Waals surface area contributed by atoms with Gasteiger partial charge in [0.15, 0.2) is 11.6 Å². The fourth-order valence-electron chi connectivity index (χ4n) is 4.42. The van der Waals surface area contributed by atoms with E-state index in [0.717, 1.165) is 47.5 Å². The Balaban J connectivity index is 1.42. The van der Waals surface area contributed by atoms with Crippen molar-refractivity contribution in [1.29, 1.82) is 0 Å². The van der Waals surface area contributed by atoms with E-state index in [-0.39, 0.29) is 6.04 Å². The van der Waals surface area contributed by atoms with Crippen LogP contribution in [0.2, 0.25) is 0 Å². The number of anilines is 1. The van der Waals surface area contributed by atoms with Gasteiger partial charge in [0.2, 0.25) is 0 Å². The summed E-state index contributed by atoms with van der Waals surface area (Å²) in [6, 6.07) is 1.90. The third-order valence-electron chi connectivity index (χ3n) is 6.05. The highest BCUT2D eigenvalue weighted by molar-refractivity contribution is 5.82. The van der Waals surface area contributed by atoms with E-state index in [4.69, 9.17) is 9.72 Å². The molecule has 5 heterocycles. The van der Waals surface area contributed by atoms with Crippen molar-refractivity contribution in [2.24, 2.45) is 0 Å². The summed E-state index contributed by atoms with van der Waals surface area (Å²) in [6.07, 6.45) is 10.1. The van der Waals surface area contributed by atoms with Gasteiger partial charge in [0.05, 0.1) is 41.2 Å². The maximum absolute atomic E-state index is 12.3. The van der Waals surface area contributed by atoms with Gasteiger partial charge in [-0.2, -0.15) is 5.10 Å². The predicted octanol–water partition coefficient (Wildman–Crippen LogP) is 3.78. The van der Waals surface area contributed by atoms with Crippen LogP contribution in [-0.4, -0.2) is 65.5 Å². The molecule has 5 rings (SSSR count). The molecule has 1 fully saturated rings. The number of aromatic nitrogens is 7. The Morgan fingerprint density at radius 1 is 1.05 bits per heavy atom. The third-order valence-corrected chi connectivity index (χ3v) is 6.05. The number of aryl methyl sites for hydroxylation is 2. The number of carbonyl (C=O) groups is 1. The maximum atomic E-state index is 12.3. The highest BCUT2D eigenvalue weighted by Crippen LogP contribution is 2.25. The summed E-state index contributed by atoms with van der Waals surface area (Å²) in [7, 11) is 0. The van der Waals surface area contributed by atoms with Crippen molar-refractivity contribution in [3.63, 3.8) is 0 Å². The SMILES string of the molecule is Cc1cncc(-c2cc3c(cn2)cnn3-c2cnc(C)c(N3CCCC(NC(=O)OC(C)(C)C)C3)n2)n1. The topological polar surface area (TPSA) is 124 Å². The first-order valence-electron chi connectivity index (χ1n) is 12.4. The smallest absolute Gasteiger partial charge is 0.407 e. The molecule has 0 spiro atoms. The highest BCUT2D eigenvalue weighted by Gasteiger charge is 2.26. The molecule has 0 radical (unpaired) electrons. The molecule has 1 atom stereocenters. The van der Waals surface area contributed by atoms with E-state index in [2.05, 4.69) is 35.3 Å². The monoisotopic (exact) mass is 501 g/mol. The minimum atomic E-state index is -0.539. The van der Waals surface area contributed by atoms with Crippen molar-refractivity contribution in [2.75, 3.05) is 18.0 Å². The van der Waals surface area contributed by atoms with Crippen LogP contribution in [0.5, 0.6) is 0 Å². The fourth-order valence-corrected chi connectivity index (χ4v) is 4.42. The minimum absolute atomic E-state index is 0.0388. The number of nitrogens with one attached hydrogen (secondary N) is 1. The van der Waals surface area contributed by atoms with Crippen LogP contribution in [0.15, 0.2) is 37.1 Å². The van der Waals surface area contributed by atoms with Gasteiger partial charge in [-0.05, 0) is 53.5 Å². The molecule has 192 valence electrons. The van der Waals surface area contributed by atoms with Gasteiger partial charge in [0.1, 0.15) is 11.3 Å². The number of hydrogen-bond acceptors (Lipinski definition) is 9. The van der Waals surface area contributed by atoms with E-state index >= 15 is 0 Å². The van der Waals surface area contributed by atoms with Gasteiger partial charge < -0.3 is 15.0 Å². The molecule has 1 unspecified atom stereocenters. The number of fused-ring (bicyclic) bond motifs is 1. The number of alkyl carbamates (subject to hydrolysis) is 1. The summed E-state index contributed by atoms with van der Waals surface area (Å²) < 4.78 is 7.20. The van der Waals surface area contributed by atoms with Gasteiger partial charge in [0, 0.05) is 36.9 Å². The number of ether oxygens (including phenoxy) is 1. The van der Waals surface area contributed by atoms with Gasteiger partial charge in [-0.1, -0.05) is 0 Å². The second-order valence-corrected chi connectivity index (χ2v) is 10.3. The van der Waals surface area contributed by atoms with Crippen molar-refractivity contribution in [3.05, 3.63) is 48.4 Å². The molecule has 0 bridgehead atoms. The van der Waals surface area contributed by atoms with Crippen LogP contribution in [0, 0.1) is 13.8 Å². The molecular weight excluding hydrogens is 470 g/mol. The number of piperidine rings is 1. The van der Waals surface area contributed by atoms with Crippen molar-refractivity contribution in [2.45, 2.75) is 59.1 Å². The Hall–Kier alpha value is -4.15. The lowest BCUT2D eigenvalue weighted by Gasteiger charge is -2.34. The Morgan fingerprint density at radius 2 is 1.89 bits per heavy atom. The van der Waals surface area contributed by atoms with E-state index < -0.39 is 11.7 Å². The van der Waals surface area contributed by atoms with Crippen molar-refractivity contribution in [3.8, 4) is 17.2 Å². The zero-order valence-corrected chi connectivity index (χ0v) is 21.8. The molecule has 1 aliphatic heterocycles. The molecule has 4 aromatic rings. The van der Waals surface area contributed by atoms with Crippen molar-refractivity contribution in [1.82, 2.24) is 40.0 Å². The lowest BCUT2D eigenvalue weighted by atomic mass is 10.1. The molecule has 37 heavy (non-hydrogen) atoms. The van der Waals surface area contributed by atoms with E-state index in [1.165, 1.54) is 0 Å².